The standard InChI is InChI=1S/C16H24ClN/c1-12-6-5-7-14(10-12)11-18-13(2)15-8-3-4-9-16(15)17/h3-4,8-9,12-14,18H,5-7,10-11H2,1-2H3/t12?,13-,14?/m1/s1. The molecule has 0 saturated heterocycles. The van der Waals surface area contributed by atoms with Crippen LogP contribution < -0.4 is 5.32 Å². The van der Waals surface area contributed by atoms with Gasteiger partial charge in [-0.15, -0.1) is 0 Å². The van der Waals surface area contributed by atoms with Gasteiger partial charge in [-0.25, -0.2) is 0 Å². The summed E-state index contributed by atoms with van der Waals surface area (Å²) in [6.45, 7) is 5.70. The van der Waals surface area contributed by atoms with Gasteiger partial charge in [-0.2, -0.15) is 0 Å². The molecule has 2 unspecified atom stereocenters. The Morgan fingerprint density at radius 2 is 2.11 bits per heavy atom. The first kappa shape index (κ1) is 13.9. The van der Waals surface area contributed by atoms with Crippen molar-refractivity contribution >= 4 is 11.6 Å². The molecule has 1 aromatic carbocycles. The Bertz CT molecular complexity index is 377. The van der Waals surface area contributed by atoms with Crippen LogP contribution in [0.3, 0.4) is 0 Å². The number of hydrogen-bond donors (Lipinski definition) is 1. The van der Waals surface area contributed by atoms with Crippen molar-refractivity contribution in [2.45, 2.75) is 45.6 Å². The first-order chi connectivity index (χ1) is 8.66. The van der Waals surface area contributed by atoms with Crippen molar-refractivity contribution in [2.75, 3.05) is 6.54 Å². The first-order valence-corrected chi connectivity index (χ1v) is 7.52. The molecular weight excluding hydrogens is 242 g/mol. The molecule has 0 amide bonds. The van der Waals surface area contributed by atoms with E-state index in [1.165, 1.54) is 31.2 Å². The molecule has 0 heterocycles. The van der Waals surface area contributed by atoms with Crippen LogP contribution in [0.2, 0.25) is 5.02 Å². The number of benzene rings is 1. The van der Waals surface area contributed by atoms with Crippen molar-refractivity contribution in [3.8, 4) is 0 Å². The highest BCUT2D eigenvalue weighted by molar-refractivity contribution is 6.31. The summed E-state index contributed by atoms with van der Waals surface area (Å²) in [5, 5.41) is 4.52. The molecular formula is C16H24ClN. The third-order valence-electron chi connectivity index (χ3n) is 4.13. The van der Waals surface area contributed by atoms with Crippen LogP contribution in [0, 0.1) is 11.8 Å². The zero-order valence-electron chi connectivity index (χ0n) is 11.5. The maximum absolute atomic E-state index is 6.22. The summed E-state index contributed by atoms with van der Waals surface area (Å²) < 4.78 is 0. The Balaban J connectivity index is 1.84. The van der Waals surface area contributed by atoms with Crippen LogP contribution in [-0.4, -0.2) is 6.54 Å². The lowest BCUT2D eigenvalue weighted by molar-refractivity contribution is 0.268. The summed E-state index contributed by atoms with van der Waals surface area (Å²) in [6, 6.07) is 8.47. The molecule has 0 radical (unpaired) electrons. The highest BCUT2D eigenvalue weighted by Gasteiger charge is 2.19. The van der Waals surface area contributed by atoms with E-state index >= 15 is 0 Å². The maximum Gasteiger partial charge on any atom is 0.0453 e. The Kier molecular flexibility index (Phi) is 5.08. The fourth-order valence-electron chi connectivity index (χ4n) is 3.02. The molecule has 1 aromatic rings. The topological polar surface area (TPSA) is 12.0 Å². The van der Waals surface area contributed by atoms with Gasteiger partial charge in [0.1, 0.15) is 0 Å². The lowest BCUT2D eigenvalue weighted by atomic mass is 9.82. The molecule has 1 nitrogen and oxygen atoms in total. The van der Waals surface area contributed by atoms with E-state index in [1.807, 2.05) is 12.1 Å². The van der Waals surface area contributed by atoms with E-state index in [0.29, 0.717) is 6.04 Å². The molecule has 0 aliphatic heterocycles. The molecule has 1 aliphatic carbocycles. The Morgan fingerprint density at radius 3 is 2.83 bits per heavy atom. The van der Waals surface area contributed by atoms with Gasteiger partial charge in [0.15, 0.2) is 0 Å². The minimum absolute atomic E-state index is 0.343. The van der Waals surface area contributed by atoms with Crippen molar-refractivity contribution in [1.29, 1.82) is 0 Å². The van der Waals surface area contributed by atoms with Gasteiger partial charge in [-0.1, -0.05) is 49.6 Å². The van der Waals surface area contributed by atoms with E-state index in [1.54, 1.807) is 0 Å². The molecule has 1 fully saturated rings. The quantitative estimate of drug-likeness (QED) is 0.823. The highest BCUT2D eigenvalue weighted by atomic mass is 35.5. The SMILES string of the molecule is CC1CCCC(CN[C@H](C)c2ccccc2Cl)C1. The van der Waals surface area contributed by atoms with Gasteiger partial charge in [-0.3, -0.25) is 0 Å². The van der Waals surface area contributed by atoms with E-state index in [4.69, 9.17) is 11.6 Å². The van der Waals surface area contributed by atoms with Crippen molar-refractivity contribution < 1.29 is 0 Å². The normalized spacial score (nSPS) is 25.9. The van der Waals surface area contributed by atoms with E-state index in [9.17, 15) is 0 Å². The first-order valence-electron chi connectivity index (χ1n) is 7.14. The van der Waals surface area contributed by atoms with Crippen molar-refractivity contribution in [3.05, 3.63) is 34.9 Å². The van der Waals surface area contributed by atoms with Crippen molar-refractivity contribution in [2.24, 2.45) is 11.8 Å². The van der Waals surface area contributed by atoms with Crippen LogP contribution in [0.1, 0.15) is 51.1 Å². The number of nitrogens with one attached hydrogen (secondary N) is 1. The van der Waals surface area contributed by atoms with Crippen molar-refractivity contribution in [1.82, 2.24) is 5.32 Å². The molecule has 0 spiro atoms. The van der Waals surface area contributed by atoms with E-state index in [0.717, 1.165) is 23.4 Å². The predicted octanol–water partition coefficient (Wildman–Crippen LogP) is 4.82. The Morgan fingerprint density at radius 1 is 1.33 bits per heavy atom. The lowest BCUT2D eigenvalue weighted by Gasteiger charge is -2.28. The van der Waals surface area contributed by atoms with Gasteiger partial charge < -0.3 is 5.32 Å². The molecule has 2 rings (SSSR count). The average molecular weight is 266 g/mol. The van der Waals surface area contributed by atoms with E-state index in [2.05, 4.69) is 31.3 Å². The zero-order chi connectivity index (χ0) is 13.0. The fraction of sp³-hybridized carbons (Fsp3) is 0.625. The smallest absolute Gasteiger partial charge is 0.0453 e. The summed E-state index contributed by atoms with van der Waals surface area (Å²) in [4.78, 5) is 0. The summed E-state index contributed by atoms with van der Waals surface area (Å²) in [5.74, 6) is 1.75. The van der Waals surface area contributed by atoms with Crippen LogP contribution in [0.15, 0.2) is 24.3 Å². The van der Waals surface area contributed by atoms with E-state index in [-0.39, 0.29) is 0 Å². The minimum Gasteiger partial charge on any atom is -0.310 e. The Hall–Kier alpha value is -0.530. The molecule has 1 aliphatic rings. The predicted molar refractivity (Wildman–Crippen MR) is 79.0 cm³/mol. The largest absolute Gasteiger partial charge is 0.310 e. The number of hydrogen-bond acceptors (Lipinski definition) is 1. The molecule has 0 aromatic heterocycles. The Labute approximate surface area is 116 Å². The van der Waals surface area contributed by atoms with Gasteiger partial charge in [0.25, 0.3) is 0 Å². The average Bonchev–Trinajstić information content (AvgIpc) is 2.37. The van der Waals surface area contributed by atoms with Crippen LogP contribution in [0.5, 0.6) is 0 Å². The molecule has 3 atom stereocenters. The van der Waals surface area contributed by atoms with Gasteiger partial charge in [0, 0.05) is 11.1 Å². The van der Waals surface area contributed by atoms with Crippen LogP contribution >= 0.6 is 11.6 Å². The summed E-state index contributed by atoms with van der Waals surface area (Å²) in [7, 11) is 0. The lowest BCUT2D eigenvalue weighted by Crippen LogP contribution is -2.28. The summed E-state index contributed by atoms with van der Waals surface area (Å²) in [5.41, 5.74) is 1.21. The monoisotopic (exact) mass is 265 g/mol. The third kappa shape index (κ3) is 3.73. The van der Waals surface area contributed by atoms with Gasteiger partial charge in [0.05, 0.1) is 0 Å². The van der Waals surface area contributed by atoms with Gasteiger partial charge in [-0.05, 0) is 49.8 Å². The second-order valence-electron chi connectivity index (χ2n) is 5.79. The molecule has 2 heteroatoms. The molecule has 18 heavy (non-hydrogen) atoms. The van der Waals surface area contributed by atoms with Gasteiger partial charge in [0.2, 0.25) is 0 Å². The molecule has 1 N–H and O–H groups in total. The second-order valence-corrected chi connectivity index (χ2v) is 6.20. The summed E-state index contributed by atoms with van der Waals surface area (Å²) in [6.07, 6.45) is 5.57. The third-order valence-corrected chi connectivity index (χ3v) is 4.47. The highest BCUT2D eigenvalue weighted by Crippen LogP contribution is 2.29. The second kappa shape index (κ2) is 6.58. The number of rotatable bonds is 4. The van der Waals surface area contributed by atoms with Crippen LogP contribution in [0.25, 0.3) is 0 Å². The molecule has 1 saturated carbocycles. The van der Waals surface area contributed by atoms with Crippen LogP contribution in [0.4, 0.5) is 0 Å². The molecule has 100 valence electrons. The maximum atomic E-state index is 6.22. The van der Waals surface area contributed by atoms with Crippen LogP contribution in [-0.2, 0) is 0 Å². The zero-order valence-corrected chi connectivity index (χ0v) is 12.2. The summed E-state index contributed by atoms with van der Waals surface area (Å²) >= 11 is 6.22. The number of halogens is 1. The molecule has 0 bridgehead atoms. The van der Waals surface area contributed by atoms with Gasteiger partial charge >= 0.3 is 0 Å². The van der Waals surface area contributed by atoms with Crippen molar-refractivity contribution in [3.63, 3.8) is 0 Å². The minimum atomic E-state index is 0.343. The fourth-order valence-corrected chi connectivity index (χ4v) is 3.32. The van der Waals surface area contributed by atoms with E-state index < -0.39 is 0 Å².